The van der Waals surface area contributed by atoms with Gasteiger partial charge in [0, 0.05) is 55.3 Å². The van der Waals surface area contributed by atoms with E-state index in [1.807, 2.05) is 19.9 Å². The second-order valence-corrected chi connectivity index (χ2v) is 11.3. The summed E-state index contributed by atoms with van der Waals surface area (Å²) in [6.45, 7) is 11.5. The number of benzene rings is 1. The molecule has 3 aliphatic rings. The number of aryl methyl sites for hydroxylation is 1. The van der Waals surface area contributed by atoms with Crippen molar-refractivity contribution < 1.29 is 13.9 Å². The summed E-state index contributed by atoms with van der Waals surface area (Å²) >= 11 is 1.79. The molecule has 4 heterocycles. The summed E-state index contributed by atoms with van der Waals surface area (Å²) in [6.07, 6.45) is 5.42. The first-order valence-electron chi connectivity index (χ1n) is 12.8. The molecule has 5 rings (SSSR count). The number of nitrogens with zero attached hydrogens (tertiary/aromatic N) is 2. The molecule has 8 heteroatoms. The predicted molar refractivity (Wildman–Crippen MR) is 144 cm³/mol. The van der Waals surface area contributed by atoms with Crippen LogP contribution in [-0.2, 0) is 16.0 Å². The monoisotopic (exact) mass is 510 g/mol. The molecule has 1 saturated heterocycles. The van der Waals surface area contributed by atoms with Crippen LogP contribution in [0.2, 0.25) is 0 Å². The number of thiophene rings is 1. The summed E-state index contributed by atoms with van der Waals surface area (Å²) in [7, 11) is 0. The smallest absolute Gasteiger partial charge is 0.260 e. The number of hydrogen-bond acceptors (Lipinski definition) is 6. The number of rotatable bonds is 8. The number of carbonyl (C=O) groups excluding carboxylic acids is 1. The quantitative estimate of drug-likeness (QED) is 0.408. The third kappa shape index (κ3) is 5.27. The minimum Gasteiger partial charge on any atom is -0.482 e. The molecule has 1 amide bonds. The van der Waals surface area contributed by atoms with Gasteiger partial charge in [0.2, 0.25) is 0 Å². The number of nitrogens with one attached hydrogen (secondary N) is 1. The fraction of sp³-hybridized carbons (Fsp3) is 0.464. The van der Waals surface area contributed by atoms with Crippen LogP contribution in [0.3, 0.4) is 0 Å². The van der Waals surface area contributed by atoms with Crippen molar-refractivity contribution in [2.45, 2.75) is 38.7 Å². The zero-order valence-electron chi connectivity index (χ0n) is 21.1. The fourth-order valence-electron chi connectivity index (χ4n) is 5.31. The van der Waals surface area contributed by atoms with Crippen molar-refractivity contribution in [3.63, 3.8) is 0 Å². The second-order valence-electron chi connectivity index (χ2n) is 10.3. The fourth-order valence-corrected chi connectivity index (χ4v) is 6.25. The van der Waals surface area contributed by atoms with Gasteiger partial charge < -0.3 is 20.7 Å². The van der Waals surface area contributed by atoms with Gasteiger partial charge in [-0.25, -0.2) is 4.39 Å². The number of amides is 1. The summed E-state index contributed by atoms with van der Waals surface area (Å²) in [5.74, 6) is -0.0945. The molecule has 0 unspecified atom stereocenters. The third-order valence-electron chi connectivity index (χ3n) is 7.28. The van der Waals surface area contributed by atoms with Crippen molar-refractivity contribution in [3.05, 3.63) is 63.3 Å². The molecule has 0 aliphatic carbocycles. The summed E-state index contributed by atoms with van der Waals surface area (Å²) in [5.41, 5.74) is 8.95. The number of halogens is 1. The average Bonchev–Trinajstić information content (AvgIpc) is 3.51. The van der Waals surface area contributed by atoms with Crippen molar-refractivity contribution >= 4 is 34.1 Å². The zero-order valence-corrected chi connectivity index (χ0v) is 21.9. The van der Waals surface area contributed by atoms with Gasteiger partial charge in [0.1, 0.15) is 17.2 Å². The Bertz CT molecular complexity index is 1190. The Kier molecular flexibility index (Phi) is 7.30. The van der Waals surface area contributed by atoms with Crippen molar-refractivity contribution in [2.24, 2.45) is 5.73 Å². The molecule has 2 aromatic rings. The number of hydrogen-bond donors (Lipinski definition) is 2. The summed E-state index contributed by atoms with van der Waals surface area (Å²) in [4.78, 5) is 19.1. The van der Waals surface area contributed by atoms with E-state index >= 15 is 0 Å². The lowest BCUT2D eigenvalue weighted by molar-refractivity contribution is -0.111. The molecule has 1 aromatic heterocycles. The molecule has 3 N–H and O–H groups in total. The van der Waals surface area contributed by atoms with Crippen LogP contribution < -0.4 is 11.1 Å². The minimum absolute atomic E-state index is 0.259. The molecule has 1 aromatic carbocycles. The zero-order chi connectivity index (χ0) is 25.3. The van der Waals surface area contributed by atoms with Gasteiger partial charge in [-0.2, -0.15) is 0 Å². The Morgan fingerprint density at radius 3 is 2.61 bits per heavy atom. The lowest BCUT2D eigenvalue weighted by Crippen LogP contribution is -2.47. The highest BCUT2D eigenvalue weighted by molar-refractivity contribution is 7.10. The van der Waals surface area contributed by atoms with Crippen LogP contribution in [0.4, 0.5) is 10.1 Å². The third-order valence-corrected chi connectivity index (χ3v) is 8.28. The highest BCUT2D eigenvalue weighted by atomic mass is 32.1. The average molecular weight is 511 g/mol. The molecule has 0 atom stereocenters. The number of anilines is 1. The first-order chi connectivity index (χ1) is 17.3. The number of allylic oxidation sites excluding steroid dienone is 1. The summed E-state index contributed by atoms with van der Waals surface area (Å²) in [6, 6.07) is 6.62. The van der Waals surface area contributed by atoms with Gasteiger partial charge in [-0.15, -0.1) is 11.3 Å². The first kappa shape index (κ1) is 25.1. The van der Waals surface area contributed by atoms with E-state index in [1.165, 1.54) is 29.9 Å². The molecule has 0 spiro atoms. The lowest BCUT2D eigenvalue weighted by atomic mass is 9.93. The molecule has 3 aliphatic heterocycles. The number of nitrogens with two attached hydrogens (primary N) is 1. The maximum absolute atomic E-state index is 13.6. The molecule has 1 fully saturated rings. The van der Waals surface area contributed by atoms with Crippen LogP contribution in [0, 0.1) is 5.82 Å². The van der Waals surface area contributed by atoms with Crippen molar-refractivity contribution in [2.75, 3.05) is 51.1 Å². The normalized spacial score (nSPS) is 21.9. The Hall–Kier alpha value is -2.52. The highest BCUT2D eigenvalue weighted by Crippen LogP contribution is 2.45. The maximum Gasteiger partial charge on any atom is 0.260 e. The maximum atomic E-state index is 13.6. The number of carbonyl (C=O) groups is 1. The summed E-state index contributed by atoms with van der Waals surface area (Å²) < 4.78 is 19.9. The van der Waals surface area contributed by atoms with Gasteiger partial charge in [-0.05, 0) is 80.9 Å². The molecule has 192 valence electrons. The van der Waals surface area contributed by atoms with Gasteiger partial charge >= 0.3 is 0 Å². The molecule has 6 nitrogen and oxygen atoms in total. The van der Waals surface area contributed by atoms with Crippen molar-refractivity contribution in [1.29, 1.82) is 0 Å². The molecule has 36 heavy (non-hydrogen) atoms. The largest absolute Gasteiger partial charge is 0.482 e. The SMILES string of the molecule is CC1(C)O/C(=C2/C(=O)Nc3cc(F)ccc32)C=C1c1csc(CCCCN2CCN(CCN)CC2)c1. The molecular weight excluding hydrogens is 475 g/mol. The number of unbranched alkanes of at least 4 members (excludes halogenated alkanes) is 1. The standard InChI is InChI=1S/C28H35FN4O2S/c1-28(2)23(17-25(35-28)26-22-7-6-20(29)16-24(22)31-27(26)34)19-15-21(36-18-19)5-3-4-9-32-11-13-33(10-8-30)14-12-32/h6-7,15-18H,3-5,8-14,30H2,1-2H3,(H,31,34)/b26-25+. The van der Waals surface area contributed by atoms with E-state index in [4.69, 9.17) is 10.5 Å². The van der Waals surface area contributed by atoms with Crippen LogP contribution in [0.25, 0.3) is 11.1 Å². The molecule has 0 bridgehead atoms. The van der Waals surface area contributed by atoms with Crippen LogP contribution in [0.5, 0.6) is 0 Å². The summed E-state index contributed by atoms with van der Waals surface area (Å²) in [5, 5.41) is 4.95. The molecular formula is C28H35FN4O2S. The Balaban J connectivity index is 1.22. The van der Waals surface area contributed by atoms with E-state index in [-0.39, 0.29) is 11.7 Å². The van der Waals surface area contributed by atoms with Gasteiger partial charge in [-0.1, -0.05) is 0 Å². The number of piperazine rings is 1. The van der Waals surface area contributed by atoms with E-state index in [9.17, 15) is 9.18 Å². The first-order valence-corrected chi connectivity index (χ1v) is 13.7. The molecule has 0 saturated carbocycles. The number of fused-ring (bicyclic) bond motifs is 1. The van der Waals surface area contributed by atoms with E-state index in [0.29, 0.717) is 22.6 Å². The van der Waals surface area contributed by atoms with Crippen molar-refractivity contribution in [3.8, 4) is 0 Å². The van der Waals surface area contributed by atoms with E-state index in [2.05, 4.69) is 26.6 Å². The Morgan fingerprint density at radius 2 is 1.86 bits per heavy atom. The van der Waals surface area contributed by atoms with Gasteiger partial charge in [0.05, 0.1) is 11.3 Å². The van der Waals surface area contributed by atoms with Crippen LogP contribution in [0.15, 0.2) is 41.5 Å². The predicted octanol–water partition coefficient (Wildman–Crippen LogP) is 4.34. The lowest BCUT2D eigenvalue weighted by Gasteiger charge is -2.34. The second kappa shape index (κ2) is 10.5. The van der Waals surface area contributed by atoms with Crippen LogP contribution in [0.1, 0.15) is 42.7 Å². The van der Waals surface area contributed by atoms with Gasteiger partial charge in [-0.3, -0.25) is 9.69 Å². The number of ether oxygens (including phenoxy) is 1. The van der Waals surface area contributed by atoms with E-state index < -0.39 is 5.60 Å². The molecule has 0 radical (unpaired) electrons. The van der Waals surface area contributed by atoms with E-state index in [0.717, 1.165) is 63.4 Å². The van der Waals surface area contributed by atoms with Gasteiger partial charge in [0.15, 0.2) is 0 Å². The Labute approximate surface area is 216 Å². The van der Waals surface area contributed by atoms with Crippen LogP contribution >= 0.6 is 11.3 Å². The topological polar surface area (TPSA) is 70.8 Å². The van der Waals surface area contributed by atoms with Gasteiger partial charge in [0.25, 0.3) is 5.91 Å². The minimum atomic E-state index is -0.560. The highest BCUT2D eigenvalue weighted by Gasteiger charge is 2.38. The van der Waals surface area contributed by atoms with Crippen LogP contribution in [-0.4, -0.2) is 67.1 Å². The van der Waals surface area contributed by atoms with E-state index in [1.54, 1.807) is 17.4 Å². The Morgan fingerprint density at radius 1 is 1.11 bits per heavy atom. The van der Waals surface area contributed by atoms with Crippen molar-refractivity contribution in [1.82, 2.24) is 9.80 Å².